The predicted octanol–water partition coefficient (Wildman–Crippen LogP) is -0.211. The lowest BCUT2D eigenvalue weighted by Crippen LogP contribution is -2.42. The molecule has 6 nitrogen and oxygen atoms in total. The zero-order valence-electron chi connectivity index (χ0n) is 13.4. The molecule has 0 aromatic heterocycles. The minimum atomic E-state index is -2.32. The molecule has 0 saturated carbocycles. The van der Waals surface area contributed by atoms with Crippen molar-refractivity contribution < 1.29 is 22.8 Å². The second-order valence-corrected chi connectivity index (χ2v) is 8.66. The first-order valence-electron chi connectivity index (χ1n) is 7.22. The van der Waals surface area contributed by atoms with Crippen molar-refractivity contribution in [2.75, 3.05) is 47.7 Å². The minimum absolute atomic E-state index is 0.444. The number of epoxide rings is 1. The van der Waals surface area contributed by atoms with Crippen LogP contribution in [0.2, 0.25) is 12.1 Å². The molecule has 0 aromatic rings. The van der Waals surface area contributed by atoms with E-state index in [1.165, 1.54) is 22.7 Å². The zero-order chi connectivity index (χ0) is 15.3. The summed E-state index contributed by atoms with van der Waals surface area (Å²) in [5, 5.41) is 0. The van der Waals surface area contributed by atoms with Crippen molar-refractivity contribution >= 4 is 19.0 Å². The first-order valence-corrected chi connectivity index (χ1v) is 10.6. The van der Waals surface area contributed by atoms with Crippen LogP contribution >= 0.6 is 0 Å². The summed E-state index contributed by atoms with van der Waals surface area (Å²) in [6, 6.07) is 2.14. The van der Waals surface area contributed by atoms with Gasteiger partial charge in [0.1, 0.15) is 6.10 Å². The Balaban J connectivity index is 0.000000367. The Kier molecular flexibility index (Phi) is 13.0. The van der Waals surface area contributed by atoms with Crippen LogP contribution in [0.5, 0.6) is 0 Å². The van der Waals surface area contributed by atoms with Crippen LogP contribution in [0.4, 0.5) is 0 Å². The van der Waals surface area contributed by atoms with Crippen molar-refractivity contribution in [2.24, 2.45) is 5.73 Å². The van der Waals surface area contributed by atoms with Gasteiger partial charge < -0.3 is 28.5 Å². The summed E-state index contributed by atoms with van der Waals surface area (Å²) in [6.07, 6.45) is 2.56. The molecule has 1 atom stereocenters. The van der Waals surface area contributed by atoms with E-state index in [1.54, 1.807) is 21.3 Å². The Morgan fingerprint density at radius 1 is 1.20 bits per heavy atom. The number of ether oxygens (including phenoxy) is 2. The Hall–Kier alpha value is 0.194. The Morgan fingerprint density at radius 3 is 2.20 bits per heavy atom. The van der Waals surface area contributed by atoms with Crippen LogP contribution < -0.4 is 5.73 Å². The molecule has 8 heteroatoms. The second-order valence-electron chi connectivity index (χ2n) is 4.57. The molecule has 0 amide bonds. The van der Waals surface area contributed by atoms with E-state index in [0.717, 1.165) is 32.3 Å². The summed E-state index contributed by atoms with van der Waals surface area (Å²) in [5.41, 5.74) is 5.36. The molecule has 20 heavy (non-hydrogen) atoms. The van der Waals surface area contributed by atoms with Gasteiger partial charge in [0.2, 0.25) is 0 Å². The molecule has 0 aromatic carbocycles. The van der Waals surface area contributed by atoms with E-state index >= 15 is 0 Å². The molecular weight excluding hydrogens is 294 g/mol. The van der Waals surface area contributed by atoms with Crippen LogP contribution in [0, 0.1) is 0 Å². The quantitative estimate of drug-likeness (QED) is 0.322. The van der Waals surface area contributed by atoms with E-state index in [9.17, 15) is 0 Å². The van der Waals surface area contributed by atoms with Gasteiger partial charge in [0.25, 0.3) is 0 Å². The Labute approximate surface area is 127 Å². The molecule has 1 unspecified atom stereocenters. The van der Waals surface area contributed by atoms with Gasteiger partial charge in [-0.2, -0.15) is 0 Å². The van der Waals surface area contributed by atoms with Crippen LogP contribution in [-0.2, 0) is 22.8 Å². The number of nitrogens with two attached hydrogens (primary N) is 1. The summed E-state index contributed by atoms with van der Waals surface area (Å²) >= 11 is 0. The lowest BCUT2D eigenvalue weighted by atomic mass is 10.5. The lowest BCUT2D eigenvalue weighted by molar-refractivity contribution is 0.117. The maximum absolute atomic E-state index is 5.36. The third-order valence-corrected chi connectivity index (χ3v) is 6.51. The molecule has 0 spiro atoms. The van der Waals surface area contributed by atoms with Crippen molar-refractivity contribution in [1.82, 2.24) is 0 Å². The Morgan fingerprint density at radius 2 is 1.80 bits per heavy atom. The van der Waals surface area contributed by atoms with Gasteiger partial charge in [-0.05, 0) is 19.4 Å². The van der Waals surface area contributed by atoms with Gasteiger partial charge >= 0.3 is 8.80 Å². The molecule has 0 radical (unpaired) electrons. The molecular formula is C12H31NO5Si2. The van der Waals surface area contributed by atoms with Gasteiger partial charge in [-0.15, -0.1) is 0 Å². The van der Waals surface area contributed by atoms with Crippen LogP contribution in [0.3, 0.4) is 0 Å². The van der Waals surface area contributed by atoms with E-state index in [-0.39, 0.29) is 0 Å². The first-order chi connectivity index (χ1) is 9.67. The van der Waals surface area contributed by atoms with Gasteiger partial charge in [0, 0.05) is 44.2 Å². The third kappa shape index (κ3) is 10.00. The summed E-state index contributed by atoms with van der Waals surface area (Å²) in [6.45, 7) is 3.32. The lowest BCUT2D eigenvalue weighted by Gasteiger charge is -2.23. The van der Waals surface area contributed by atoms with Crippen molar-refractivity contribution in [3.05, 3.63) is 0 Å². The van der Waals surface area contributed by atoms with Crippen molar-refractivity contribution in [2.45, 2.75) is 31.0 Å². The van der Waals surface area contributed by atoms with Crippen LogP contribution in [0.25, 0.3) is 0 Å². The van der Waals surface area contributed by atoms with E-state index in [4.69, 9.17) is 28.5 Å². The van der Waals surface area contributed by atoms with Crippen molar-refractivity contribution in [3.8, 4) is 0 Å². The topological polar surface area (TPSA) is 75.5 Å². The predicted molar refractivity (Wildman–Crippen MR) is 85.2 cm³/mol. The Bertz CT molecular complexity index is 208. The van der Waals surface area contributed by atoms with E-state index < -0.39 is 8.80 Å². The average molecular weight is 326 g/mol. The van der Waals surface area contributed by atoms with Crippen molar-refractivity contribution in [1.29, 1.82) is 0 Å². The fourth-order valence-corrected chi connectivity index (χ4v) is 3.54. The standard InChI is InChI=1S/C6H17NO3Si.C6H14O2Si/c1-8-11(9-2,10-3)6-4-5-7;9-3-1-2-7-4-6-5-8-6/h4-7H2,1-3H3;6H,1-5H2,9H3. The van der Waals surface area contributed by atoms with Gasteiger partial charge in [-0.3, -0.25) is 0 Å². The van der Waals surface area contributed by atoms with E-state index in [0.29, 0.717) is 12.6 Å². The minimum Gasteiger partial charge on any atom is -0.379 e. The molecule has 1 fully saturated rings. The summed E-state index contributed by atoms with van der Waals surface area (Å²) in [4.78, 5) is 0. The molecule has 1 aliphatic rings. The van der Waals surface area contributed by atoms with E-state index in [1.807, 2.05) is 0 Å². The maximum Gasteiger partial charge on any atom is 0.500 e. The number of rotatable bonds is 11. The molecule has 2 N–H and O–H groups in total. The van der Waals surface area contributed by atoms with E-state index in [2.05, 4.69) is 0 Å². The first kappa shape index (κ1) is 20.2. The highest BCUT2D eigenvalue weighted by atomic mass is 28.4. The molecule has 122 valence electrons. The van der Waals surface area contributed by atoms with Gasteiger partial charge in [0.05, 0.1) is 13.2 Å². The number of hydrogen-bond donors (Lipinski definition) is 1. The monoisotopic (exact) mass is 325 g/mol. The highest BCUT2D eigenvalue weighted by molar-refractivity contribution is 6.60. The van der Waals surface area contributed by atoms with Crippen molar-refractivity contribution in [3.63, 3.8) is 0 Å². The summed E-state index contributed by atoms with van der Waals surface area (Å²) < 4.78 is 25.8. The molecule has 0 aliphatic carbocycles. The largest absolute Gasteiger partial charge is 0.500 e. The maximum atomic E-state index is 5.36. The fraction of sp³-hybridized carbons (Fsp3) is 1.00. The van der Waals surface area contributed by atoms with Crippen LogP contribution in [0.1, 0.15) is 12.8 Å². The zero-order valence-corrected chi connectivity index (χ0v) is 16.4. The molecule has 1 aliphatic heterocycles. The second kappa shape index (κ2) is 12.9. The summed E-state index contributed by atoms with van der Waals surface area (Å²) in [7, 11) is 3.81. The SMILES string of the molecule is CO[Si](CCCN)(OC)OC.[SiH3]CCCOCC1CO1. The molecule has 0 bridgehead atoms. The fourth-order valence-electron chi connectivity index (χ4n) is 1.50. The normalized spacial score (nSPS) is 17.7. The highest BCUT2D eigenvalue weighted by Crippen LogP contribution is 2.13. The molecule has 1 rings (SSSR count). The van der Waals surface area contributed by atoms with Crippen LogP contribution in [0.15, 0.2) is 0 Å². The summed E-state index contributed by atoms with van der Waals surface area (Å²) in [5.74, 6) is 0. The highest BCUT2D eigenvalue weighted by Gasteiger charge is 2.36. The average Bonchev–Trinajstić information content (AvgIpc) is 3.31. The third-order valence-electron chi connectivity index (χ3n) is 2.97. The smallest absolute Gasteiger partial charge is 0.379 e. The number of hydrogen-bond acceptors (Lipinski definition) is 6. The van der Waals surface area contributed by atoms with Crippen LogP contribution in [-0.4, -0.2) is 72.8 Å². The molecule has 1 heterocycles. The van der Waals surface area contributed by atoms with Gasteiger partial charge in [-0.1, -0.05) is 6.04 Å². The molecule has 1 saturated heterocycles. The van der Waals surface area contributed by atoms with Gasteiger partial charge in [0.15, 0.2) is 0 Å². The van der Waals surface area contributed by atoms with Gasteiger partial charge in [-0.25, -0.2) is 0 Å².